The van der Waals surface area contributed by atoms with Crippen molar-refractivity contribution in [2.45, 2.75) is 10.8 Å². The third kappa shape index (κ3) is 3.28. The van der Waals surface area contributed by atoms with Crippen LogP contribution in [0.4, 0.5) is 0 Å². The third-order valence-corrected chi connectivity index (χ3v) is 3.28. The van der Waals surface area contributed by atoms with Gasteiger partial charge in [-0.05, 0) is 23.8 Å². The summed E-state index contributed by atoms with van der Waals surface area (Å²) in [5.74, 6) is 5.55. The average molecular weight is 260 g/mol. The van der Waals surface area contributed by atoms with Crippen LogP contribution in [0, 0.1) is 0 Å². The van der Waals surface area contributed by atoms with E-state index >= 15 is 0 Å². The second kappa shape index (κ2) is 6.13. The van der Waals surface area contributed by atoms with Gasteiger partial charge in [0.25, 0.3) is 5.91 Å². The van der Waals surface area contributed by atoms with E-state index in [4.69, 9.17) is 5.84 Å². The molecule has 2 rings (SSSR count). The van der Waals surface area contributed by atoms with E-state index in [0.29, 0.717) is 5.56 Å². The van der Waals surface area contributed by atoms with Gasteiger partial charge >= 0.3 is 0 Å². The zero-order valence-corrected chi connectivity index (χ0v) is 10.4. The molecule has 0 saturated heterocycles. The van der Waals surface area contributed by atoms with E-state index in [9.17, 15) is 4.79 Å². The molecular weight excluding hydrogens is 248 g/mol. The van der Waals surface area contributed by atoms with Crippen LogP contribution in [0.5, 0.6) is 0 Å². The van der Waals surface area contributed by atoms with Crippen molar-refractivity contribution in [3.8, 4) is 0 Å². The molecule has 3 N–H and O–H groups in total. The molecule has 0 fully saturated rings. The number of nitrogens with zero attached hydrogens (tertiary/aromatic N) is 2. The van der Waals surface area contributed by atoms with Gasteiger partial charge in [0.05, 0.1) is 5.03 Å². The second-order valence-corrected chi connectivity index (χ2v) is 4.51. The van der Waals surface area contributed by atoms with Gasteiger partial charge in [-0.25, -0.2) is 15.8 Å². The molecule has 1 aromatic heterocycles. The number of nitrogens with two attached hydrogens (primary N) is 1. The Kier molecular flexibility index (Phi) is 4.27. The fourth-order valence-corrected chi connectivity index (χ4v) is 2.18. The fourth-order valence-electron chi connectivity index (χ4n) is 1.41. The molecule has 0 aliphatic heterocycles. The zero-order valence-electron chi connectivity index (χ0n) is 9.54. The molecule has 0 aliphatic carbocycles. The summed E-state index contributed by atoms with van der Waals surface area (Å²) in [4.78, 5) is 19.4. The van der Waals surface area contributed by atoms with Gasteiger partial charge in [-0.15, -0.1) is 11.8 Å². The van der Waals surface area contributed by atoms with Crippen LogP contribution in [-0.4, -0.2) is 15.9 Å². The first-order valence-corrected chi connectivity index (χ1v) is 6.27. The lowest BCUT2D eigenvalue weighted by atomic mass is 10.1. The standard InChI is InChI=1S/C12H12N4OS/c13-16-12(17)10-3-1-2-9(6-10)7-18-11-4-5-14-8-15-11/h1-6,8H,7,13H2,(H,16,17). The fraction of sp³-hybridized carbons (Fsp3) is 0.0833. The highest BCUT2D eigenvalue weighted by Crippen LogP contribution is 2.20. The molecule has 18 heavy (non-hydrogen) atoms. The van der Waals surface area contributed by atoms with Crippen molar-refractivity contribution in [1.29, 1.82) is 0 Å². The van der Waals surface area contributed by atoms with E-state index in [-0.39, 0.29) is 5.91 Å². The SMILES string of the molecule is NNC(=O)c1cccc(CSc2ccncn2)c1. The first kappa shape index (κ1) is 12.5. The highest BCUT2D eigenvalue weighted by molar-refractivity contribution is 7.98. The number of benzene rings is 1. The Bertz CT molecular complexity index is 533. The molecule has 92 valence electrons. The smallest absolute Gasteiger partial charge is 0.265 e. The Morgan fingerprint density at radius 2 is 2.28 bits per heavy atom. The summed E-state index contributed by atoms with van der Waals surface area (Å²) < 4.78 is 0. The molecule has 0 radical (unpaired) electrons. The van der Waals surface area contributed by atoms with Crippen LogP contribution in [0.3, 0.4) is 0 Å². The first-order chi connectivity index (χ1) is 8.79. The molecule has 0 bridgehead atoms. The van der Waals surface area contributed by atoms with Crippen LogP contribution >= 0.6 is 11.8 Å². The van der Waals surface area contributed by atoms with Gasteiger partial charge in [-0.3, -0.25) is 10.2 Å². The molecule has 0 saturated carbocycles. The number of nitrogens with one attached hydrogen (secondary N) is 1. The number of aromatic nitrogens is 2. The van der Waals surface area contributed by atoms with Gasteiger partial charge in [0.15, 0.2) is 0 Å². The van der Waals surface area contributed by atoms with Gasteiger partial charge < -0.3 is 0 Å². The number of amides is 1. The van der Waals surface area contributed by atoms with Gasteiger partial charge in [0.1, 0.15) is 6.33 Å². The topological polar surface area (TPSA) is 80.9 Å². The quantitative estimate of drug-likeness (QED) is 0.285. The third-order valence-electron chi connectivity index (χ3n) is 2.26. The molecule has 2 aromatic rings. The molecule has 1 heterocycles. The van der Waals surface area contributed by atoms with E-state index in [1.807, 2.05) is 24.3 Å². The minimum absolute atomic E-state index is 0.288. The van der Waals surface area contributed by atoms with Crippen LogP contribution < -0.4 is 11.3 Å². The number of rotatable bonds is 4. The van der Waals surface area contributed by atoms with Gasteiger partial charge in [0, 0.05) is 17.5 Å². The maximum Gasteiger partial charge on any atom is 0.265 e. The first-order valence-electron chi connectivity index (χ1n) is 5.28. The number of thioether (sulfide) groups is 1. The van der Waals surface area contributed by atoms with Crippen LogP contribution in [0.15, 0.2) is 47.9 Å². The molecule has 0 unspecified atom stereocenters. The predicted molar refractivity (Wildman–Crippen MR) is 69.7 cm³/mol. The molecule has 1 aromatic carbocycles. The summed E-state index contributed by atoms with van der Waals surface area (Å²) in [7, 11) is 0. The van der Waals surface area contributed by atoms with Crippen LogP contribution in [0.25, 0.3) is 0 Å². The van der Waals surface area contributed by atoms with Crippen LogP contribution in [0.1, 0.15) is 15.9 Å². The normalized spacial score (nSPS) is 10.1. The Morgan fingerprint density at radius 1 is 1.39 bits per heavy atom. The molecule has 1 amide bonds. The molecule has 0 spiro atoms. The van der Waals surface area contributed by atoms with Crippen molar-refractivity contribution in [2.75, 3.05) is 0 Å². The highest BCUT2D eigenvalue weighted by atomic mass is 32.2. The average Bonchev–Trinajstić information content (AvgIpc) is 2.45. The van der Waals surface area contributed by atoms with Gasteiger partial charge in [-0.2, -0.15) is 0 Å². The van der Waals surface area contributed by atoms with Crippen LogP contribution in [-0.2, 0) is 5.75 Å². The summed E-state index contributed by atoms with van der Waals surface area (Å²) in [6.45, 7) is 0. The summed E-state index contributed by atoms with van der Waals surface area (Å²) >= 11 is 1.59. The Hall–Kier alpha value is -1.92. The van der Waals surface area contributed by atoms with Gasteiger partial charge in [0.2, 0.25) is 0 Å². The van der Waals surface area contributed by atoms with Crippen molar-refractivity contribution in [3.63, 3.8) is 0 Å². The summed E-state index contributed by atoms with van der Waals surface area (Å²) in [6.07, 6.45) is 3.22. The molecule has 6 heteroatoms. The summed E-state index contributed by atoms with van der Waals surface area (Å²) in [5.41, 5.74) is 3.71. The van der Waals surface area contributed by atoms with E-state index in [2.05, 4.69) is 15.4 Å². The lowest BCUT2D eigenvalue weighted by molar-refractivity contribution is 0.0953. The Balaban J connectivity index is 2.04. The van der Waals surface area contributed by atoms with E-state index in [1.54, 1.807) is 24.0 Å². The van der Waals surface area contributed by atoms with Crippen molar-refractivity contribution in [2.24, 2.45) is 5.84 Å². The van der Waals surface area contributed by atoms with Crippen molar-refractivity contribution < 1.29 is 4.79 Å². The Labute approximate surface area is 109 Å². The number of hydrazine groups is 1. The van der Waals surface area contributed by atoms with Gasteiger partial charge in [-0.1, -0.05) is 12.1 Å². The highest BCUT2D eigenvalue weighted by Gasteiger charge is 2.04. The number of hydrogen-bond donors (Lipinski definition) is 2. The summed E-state index contributed by atoms with van der Waals surface area (Å²) in [6, 6.07) is 9.18. The second-order valence-electron chi connectivity index (χ2n) is 3.51. The lowest BCUT2D eigenvalue weighted by Crippen LogP contribution is -2.29. The maximum atomic E-state index is 11.4. The van der Waals surface area contributed by atoms with E-state index in [0.717, 1.165) is 16.3 Å². The van der Waals surface area contributed by atoms with E-state index in [1.165, 1.54) is 6.33 Å². The predicted octanol–water partition coefficient (Wildman–Crippen LogP) is 1.37. The minimum atomic E-state index is -0.288. The monoisotopic (exact) mass is 260 g/mol. The maximum absolute atomic E-state index is 11.4. The number of carbonyl (C=O) groups excluding carboxylic acids is 1. The van der Waals surface area contributed by atoms with E-state index < -0.39 is 0 Å². The largest absolute Gasteiger partial charge is 0.290 e. The lowest BCUT2D eigenvalue weighted by Gasteiger charge is -2.04. The van der Waals surface area contributed by atoms with Crippen molar-refractivity contribution in [3.05, 3.63) is 54.0 Å². The molecule has 0 aliphatic rings. The van der Waals surface area contributed by atoms with Crippen molar-refractivity contribution in [1.82, 2.24) is 15.4 Å². The zero-order chi connectivity index (χ0) is 12.8. The molecule has 0 atom stereocenters. The molecule has 5 nitrogen and oxygen atoms in total. The minimum Gasteiger partial charge on any atom is -0.290 e. The number of nitrogen functional groups attached to an aromatic ring is 1. The summed E-state index contributed by atoms with van der Waals surface area (Å²) in [5, 5.41) is 0.902. The molecular formula is C12H12N4OS. The van der Waals surface area contributed by atoms with Crippen LogP contribution in [0.2, 0.25) is 0 Å². The number of hydrogen-bond acceptors (Lipinski definition) is 5. The van der Waals surface area contributed by atoms with Crippen molar-refractivity contribution >= 4 is 17.7 Å². The Morgan fingerprint density at radius 3 is 3.00 bits per heavy atom. The number of carbonyl (C=O) groups is 1.